The van der Waals surface area contributed by atoms with Gasteiger partial charge in [0.25, 0.3) is 0 Å². The summed E-state index contributed by atoms with van der Waals surface area (Å²) in [5.74, 6) is -0.883. The summed E-state index contributed by atoms with van der Waals surface area (Å²) >= 11 is 0. The number of carboxylic acids is 1. The average Bonchev–Trinajstić information content (AvgIpc) is 2.52. The third kappa shape index (κ3) is 5.04. The number of hydrogen-bond acceptors (Lipinski definition) is 3. The first-order valence-corrected chi connectivity index (χ1v) is 7.00. The molecule has 1 fully saturated rings. The van der Waals surface area contributed by atoms with E-state index in [0.29, 0.717) is 19.8 Å². The highest BCUT2D eigenvalue weighted by Crippen LogP contribution is 2.15. The summed E-state index contributed by atoms with van der Waals surface area (Å²) in [5.41, 5.74) is 1.75. The minimum Gasteiger partial charge on any atom is -0.478 e. The molecule has 0 aromatic heterocycles. The summed E-state index contributed by atoms with van der Waals surface area (Å²) in [4.78, 5) is 22.5. The predicted octanol–water partition coefficient (Wildman–Crippen LogP) is 1.83. The van der Waals surface area contributed by atoms with Gasteiger partial charge in [0.05, 0.1) is 0 Å². The summed E-state index contributed by atoms with van der Waals surface area (Å²) in [7, 11) is 0. The number of benzene rings is 1. The molecule has 21 heavy (non-hydrogen) atoms. The molecular formula is C16H19NO4. The summed E-state index contributed by atoms with van der Waals surface area (Å²) in [6.07, 6.45) is 4.17. The second-order valence-corrected chi connectivity index (χ2v) is 5.02. The van der Waals surface area contributed by atoms with Crippen LogP contribution in [0.3, 0.4) is 0 Å². The molecule has 1 amide bonds. The molecule has 112 valence electrons. The predicted molar refractivity (Wildman–Crippen MR) is 78.5 cm³/mol. The lowest BCUT2D eigenvalue weighted by molar-refractivity contribution is -0.131. The van der Waals surface area contributed by atoms with Crippen molar-refractivity contribution in [2.75, 3.05) is 13.2 Å². The van der Waals surface area contributed by atoms with Gasteiger partial charge in [-0.05, 0) is 36.1 Å². The van der Waals surface area contributed by atoms with Gasteiger partial charge in [0, 0.05) is 31.8 Å². The van der Waals surface area contributed by atoms with Crippen LogP contribution in [0.1, 0.15) is 24.0 Å². The number of aliphatic carboxylic acids is 1. The van der Waals surface area contributed by atoms with Crippen LogP contribution in [0, 0.1) is 5.92 Å². The largest absolute Gasteiger partial charge is 0.478 e. The Morgan fingerprint density at radius 1 is 1.33 bits per heavy atom. The van der Waals surface area contributed by atoms with Crippen molar-refractivity contribution in [3.8, 4) is 0 Å². The van der Waals surface area contributed by atoms with Crippen molar-refractivity contribution in [2.45, 2.75) is 19.4 Å². The maximum atomic E-state index is 12.0. The molecule has 2 rings (SSSR count). The van der Waals surface area contributed by atoms with Gasteiger partial charge in [0.2, 0.25) is 5.91 Å². The number of hydrogen-bond donors (Lipinski definition) is 2. The Morgan fingerprint density at radius 3 is 2.81 bits per heavy atom. The number of nitrogens with one attached hydrogen (secondary N) is 1. The van der Waals surface area contributed by atoms with Gasteiger partial charge in [-0.1, -0.05) is 18.2 Å². The molecule has 0 spiro atoms. The molecule has 1 saturated heterocycles. The van der Waals surface area contributed by atoms with Crippen LogP contribution in [0.5, 0.6) is 0 Å². The molecule has 2 N–H and O–H groups in total. The van der Waals surface area contributed by atoms with Gasteiger partial charge in [-0.3, -0.25) is 4.79 Å². The molecule has 0 aliphatic carbocycles. The average molecular weight is 289 g/mol. The van der Waals surface area contributed by atoms with Gasteiger partial charge in [-0.25, -0.2) is 4.79 Å². The highest BCUT2D eigenvalue weighted by atomic mass is 16.5. The molecule has 0 atom stereocenters. The van der Waals surface area contributed by atoms with Crippen molar-refractivity contribution in [2.24, 2.45) is 5.92 Å². The molecule has 0 saturated carbocycles. The summed E-state index contributed by atoms with van der Waals surface area (Å²) in [6.45, 7) is 1.74. The van der Waals surface area contributed by atoms with Crippen molar-refractivity contribution >= 4 is 18.0 Å². The molecule has 1 aromatic carbocycles. The molecule has 1 aromatic rings. The van der Waals surface area contributed by atoms with Crippen molar-refractivity contribution in [1.82, 2.24) is 5.32 Å². The number of carbonyl (C=O) groups is 2. The Bertz CT molecular complexity index is 533. The molecule has 1 heterocycles. The van der Waals surface area contributed by atoms with Crippen LogP contribution < -0.4 is 5.32 Å². The van der Waals surface area contributed by atoms with Gasteiger partial charge in [-0.2, -0.15) is 0 Å². The smallest absolute Gasteiger partial charge is 0.328 e. The zero-order valence-corrected chi connectivity index (χ0v) is 11.7. The minimum atomic E-state index is -0.978. The van der Waals surface area contributed by atoms with Crippen LogP contribution in [-0.4, -0.2) is 30.2 Å². The highest BCUT2D eigenvalue weighted by molar-refractivity contribution is 5.85. The molecule has 5 nitrogen and oxygen atoms in total. The Labute approximate surface area is 123 Å². The standard InChI is InChI=1S/C16H19NO4/c18-15(19)5-4-12-2-1-3-13(10-12)11-17-16(20)14-6-8-21-9-7-14/h1-5,10,14H,6-9,11H2,(H,17,20)(H,18,19). The van der Waals surface area contributed by atoms with Crippen LogP contribution in [-0.2, 0) is 20.9 Å². The third-order valence-electron chi connectivity index (χ3n) is 3.43. The van der Waals surface area contributed by atoms with E-state index in [1.54, 1.807) is 0 Å². The Kier molecular flexibility index (Phi) is 5.51. The van der Waals surface area contributed by atoms with E-state index < -0.39 is 5.97 Å². The normalized spacial score (nSPS) is 16.0. The van der Waals surface area contributed by atoms with Crippen LogP contribution in [0.15, 0.2) is 30.3 Å². The van der Waals surface area contributed by atoms with Crippen LogP contribution >= 0.6 is 0 Å². The number of ether oxygens (including phenoxy) is 1. The van der Waals surface area contributed by atoms with Crippen molar-refractivity contribution in [3.63, 3.8) is 0 Å². The maximum Gasteiger partial charge on any atom is 0.328 e. The van der Waals surface area contributed by atoms with Gasteiger partial charge < -0.3 is 15.2 Å². The number of rotatable bonds is 5. The number of carboxylic acid groups (broad SMARTS) is 1. The second kappa shape index (κ2) is 7.59. The Morgan fingerprint density at radius 2 is 2.10 bits per heavy atom. The first-order valence-electron chi connectivity index (χ1n) is 7.00. The Hall–Kier alpha value is -2.14. The van der Waals surface area contributed by atoms with E-state index in [0.717, 1.165) is 30.0 Å². The van der Waals surface area contributed by atoms with E-state index in [-0.39, 0.29) is 11.8 Å². The first-order chi connectivity index (χ1) is 10.1. The lowest BCUT2D eigenvalue weighted by Gasteiger charge is -2.21. The van der Waals surface area contributed by atoms with Crippen molar-refractivity contribution < 1.29 is 19.4 Å². The SMILES string of the molecule is O=C(O)C=Cc1cccc(CNC(=O)C2CCOCC2)c1. The Balaban J connectivity index is 1.89. The van der Waals surface area contributed by atoms with Crippen molar-refractivity contribution in [1.29, 1.82) is 0 Å². The third-order valence-corrected chi connectivity index (χ3v) is 3.43. The highest BCUT2D eigenvalue weighted by Gasteiger charge is 2.20. The number of amides is 1. The molecule has 5 heteroatoms. The van der Waals surface area contributed by atoms with E-state index in [2.05, 4.69) is 5.32 Å². The van der Waals surface area contributed by atoms with Gasteiger partial charge >= 0.3 is 5.97 Å². The first kappa shape index (κ1) is 15.3. The fourth-order valence-corrected chi connectivity index (χ4v) is 2.27. The summed E-state index contributed by atoms with van der Waals surface area (Å²) < 4.78 is 5.24. The maximum absolute atomic E-state index is 12.0. The summed E-state index contributed by atoms with van der Waals surface area (Å²) in [5, 5.41) is 11.5. The lowest BCUT2D eigenvalue weighted by atomic mass is 9.99. The van der Waals surface area contributed by atoms with E-state index >= 15 is 0 Å². The van der Waals surface area contributed by atoms with Crippen LogP contribution in [0.2, 0.25) is 0 Å². The monoisotopic (exact) mass is 289 g/mol. The van der Waals surface area contributed by atoms with Gasteiger partial charge in [-0.15, -0.1) is 0 Å². The topological polar surface area (TPSA) is 75.6 Å². The molecular weight excluding hydrogens is 270 g/mol. The van der Waals surface area contributed by atoms with Gasteiger partial charge in [0.15, 0.2) is 0 Å². The van der Waals surface area contributed by atoms with Crippen LogP contribution in [0.25, 0.3) is 6.08 Å². The summed E-state index contributed by atoms with van der Waals surface area (Å²) in [6, 6.07) is 7.44. The molecule has 1 aliphatic rings. The molecule has 1 aliphatic heterocycles. The number of carbonyl (C=O) groups excluding carboxylic acids is 1. The fourth-order valence-electron chi connectivity index (χ4n) is 2.27. The van der Waals surface area contributed by atoms with Crippen molar-refractivity contribution in [3.05, 3.63) is 41.5 Å². The van der Waals surface area contributed by atoms with Crippen LogP contribution in [0.4, 0.5) is 0 Å². The van der Waals surface area contributed by atoms with Gasteiger partial charge in [0.1, 0.15) is 0 Å². The molecule has 0 unspecified atom stereocenters. The van der Waals surface area contributed by atoms with E-state index in [1.807, 2.05) is 24.3 Å². The second-order valence-electron chi connectivity index (χ2n) is 5.02. The van der Waals surface area contributed by atoms with E-state index in [4.69, 9.17) is 9.84 Å². The van der Waals surface area contributed by atoms with E-state index in [9.17, 15) is 9.59 Å². The zero-order valence-electron chi connectivity index (χ0n) is 11.7. The quantitative estimate of drug-likeness (QED) is 0.811. The van der Waals surface area contributed by atoms with E-state index in [1.165, 1.54) is 6.08 Å². The lowest BCUT2D eigenvalue weighted by Crippen LogP contribution is -2.33. The molecule has 0 bridgehead atoms. The fraction of sp³-hybridized carbons (Fsp3) is 0.375. The molecule has 0 radical (unpaired) electrons. The zero-order chi connectivity index (χ0) is 15.1. The minimum absolute atomic E-state index is 0.0360.